The summed E-state index contributed by atoms with van der Waals surface area (Å²) in [5.74, 6) is 0.957. The molecule has 8 heteroatoms. The van der Waals surface area contributed by atoms with Gasteiger partial charge in [-0.1, -0.05) is 30.3 Å². The van der Waals surface area contributed by atoms with Crippen molar-refractivity contribution in [1.82, 2.24) is 14.9 Å². The van der Waals surface area contributed by atoms with Crippen molar-refractivity contribution in [3.05, 3.63) is 88.0 Å². The molecule has 3 rings (SSSR count). The molecule has 8 nitrogen and oxygen atoms in total. The van der Waals surface area contributed by atoms with Gasteiger partial charge in [0.15, 0.2) is 0 Å². The van der Waals surface area contributed by atoms with Crippen molar-refractivity contribution in [1.29, 1.82) is 0 Å². The van der Waals surface area contributed by atoms with Gasteiger partial charge < -0.3 is 14.6 Å². The number of rotatable bonds is 7. The second kappa shape index (κ2) is 8.34. The lowest BCUT2D eigenvalue weighted by molar-refractivity contribution is -0.385. The average Bonchev–Trinajstić information content (AvgIpc) is 3.12. The zero-order valence-corrected chi connectivity index (χ0v) is 15.5. The molecular weight excluding hydrogens is 360 g/mol. The minimum absolute atomic E-state index is 0.0763. The van der Waals surface area contributed by atoms with Gasteiger partial charge in [-0.2, -0.15) is 0 Å². The van der Waals surface area contributed by atoms with Crippen molar-refractivity contribution in [2.75, 3.05) is 7.11 Å². The first-order valence-electron chi connectivity index (χ1n) is 8.62. The van der Waals surface area contributed by atoms with E-state index in [0.29, 0.717) is 17.1 Å². The number of methoxy groups -OCH3 is 1. The number of carbonyl (C=O) groups is 1. The zero-order chi connectivity index (χ0) is 20.1. The van der Waals surface area contributed by atoms with Crippen LogP contribution in [0.15, 0.2) is 60.9 Å². The van der Waals surface area contributed by atoms with E-state index in [9.17, 15) is 14.9 Å². The normalized spacial score (nSPS) is 11.6. The third-order valence-electron chi connectivity index (χ3n) is 4.39. The maximum atomic E-state index is 12.7. The second-order valence-electron chi connectivity index (χ2n) is 6.24. The number of nitrogens with zero attached hydrogens (tertiary/aromatic N) is 3. The SMILES string of the molecule is COc1cccc(C(NC(=O)Cc2ccccc2[N+](=O)[O-])c2nccn2C)c1. The molecule has 1 atom stereocenters. The van der Waals surface area contributed by atoms with E-state index < -0.39 is 11.0 Å². The number of ether oxygens (including phenoxy) is 1. The third-order valence-corrected chi connectivity index (χ3v) is 4.39. The van der Waals surface area contributed by atoms with Crippen molar-refractivity contribution in [2.24, 2.45) is 7.05 Å². The highest BCUT2D eigenvalue weighted by Crippen LogP contribution is 2.25. The van der Waals surface area contributed by atoms with Crippen molar-refractivity contribution in [3.63, 3.8) is 0 Å². The van der Waals surface area contributed by atoms with E-state index in [2.05, 4.69) is 10.3 Å². The molecule has 2 aromatic carbocycles. The molecule has 28 heavy (non-hydrogen) atoms. The Labute approximate surface area is 161 Å². The fourth-order valence-corrected chi connectivity index (χ4v) is 3.00. The Morgan fingerprint density at radius 2 is 2.07 bits per heavy atom. The van der Waals surface area contributed by atoms with Crippen LogP contribution in [0.4, 0.5) is 5.69 Å². The zero-order valence-electron chi connectivity index (χ0n) is 15.5. The maximum Gasteiger partial charge on any atom is 0.273 e. The van der Waals surface area contributed by atoms with E-state index in [-0.39, 0.29) is 18.0 Å². The van der Waals surface area contributed by atoms with Crippen molar-refractivity contribution in [2.45, 2.75) is 12.5 Å². The summed E-state index contributed by atoms with van der Waals surface area (Å²) in [6.45, 7) is 0. The quantitative estimate of drug-likeness (QED) is 0.502. The van der Waals surface area contributed by atoms with Gasteiger partial charge in [-0.3, -0.25) is 14.9 Å². The number of benzene rings is 2. The monoisotopic (exact) mass is 380 g/mol. The van der Waals surface area contributed by atoms with Crippen LogP contribution in [0.1, 0.15) is 23.0 Å². The molecule has 1 heterocycles. The van der Waals surface area contributed by atoms with Crippen LogP contribution in [0.3, 0.4) is 0 Å². The van der Waals surface area contributed by atoms with Crippen LogP contribution in [-0.2, 0) is 18.3 Å². The van der Waals surface area contributed by atoms with Gasteiger partial charge >= 0.3 is 0 Å². The molecule has 0 aliphatic heterocycles. The first-order valence-corrected chi connectivity index (χ1v) is 8.62. The summed E-state index contributed by atoms with van der Waals surface area (Å²) >= 11 is 0. The number of nitro groups is 1. The highest BCUT2D eigenvalue weighted by molar-refractivity contribution is 5.80. The molecule has 144 valence electrons. The molecule has 0 radical (unpaired) electrons. The van der Waals surface area contributed by atoms with E-state index in [1.54, 1.807) is 37.7 Å². The van der Waals surface area contributed by atoms with Crippen LogP contribution >= 0.6 is 0 Å². The van der Waals surface area contributed by atoms with Crippen LogP contribution in [0.25, 0.3) is 0 Å². The number of carbonyl (C=O) groups excluding carboxylic acids is 1. The summed E-state index contributed by atoms with van der Waals surface area (Å²) < 4.78 is 7.10. The van der Waals surface area contributed by atoms with Gasteiger partial charge in [-0.15, -0.1) is 0 Å². The minimum Gasteiger partial charge on any atom is -0.497 e. The summed E-state index contributed by atoms with van der Waals surface area (Å²) in [4.78, 5) is 27.8. The molecule has 0 saturated heterocycles. The molecule has 0 spiro atoms. The number of nitrogens with one attached hydrogen (secondary N) is 1. The number of hydrogen-bond acceptors (Lipinski definition) is 5. The van der Waals surface area contributed by atoms with Crippen LogP contribution in [0, 0.1) is 10.1 Å². The number of aromatic nitrogens is 2. The predicted octanol–water partition coefficient (Wildman–Crippen LogP) is 2.79. The number of amides is 1. The molecule has 1 aromatic heterocycles. The Morgan fingerprint density at radius 3 is 2.75 bits per heavy atom. The molecular formula is C20H20N4O4. The number of para-hydroxylation sites is 1. The van der Waals surface area contributed by atoms with Gasteiger partial charge in [0.05, 0.1) is 18.5 Å². The topological polar surface area (TPSA) is 99.3 Å². The number of aryl methyl sites for hydroxylation is 1. The van der Waals surface area contributed by atoms with Gasteiger partial charge in [0.2, 0.25) is 5.91 Å². The molecule has 1 unspecified atom stereocenters. The summed E-state index contributed by atoms with van der Waals surface area (Å²) in [6, 6.07) is 13.0. The van der Waals surface area contributed by atoms with Crippen LogP contribution in [0.2, 0.25) is 0 Å². The fourth-order valence-electron chi connectivity index (χ4n) is 3.00. The summed E-state index contributed by atoms with van der Waals surface area (Å²) in [6.07, 6.45) is 3.33. The van der Waals surface area contributed by atoms with Gasteiger partial charge in [0, 0.05) is 31.1 Å². The smallest absolute Gasteiger partial charge is 0.273 e. The first-order chi connectivity index (χ1) is 13.5. The van der Waals surface area contributed by atoms with Crippen LogP contribution < -0.4 is 10.1 Å². The highest BCUT2D eigenvalue weighted by Gasteiger charge is 2.23. The standard InChI is InChI=1S/C20H20N4O4/c1-23-11-10-21-20(23)19(15-7-5-8-16(12-15)28-2)22-18(25)13-14-6-3-4-9-17(14)24(26)27/h3-12,19H,13H2,1-2H3,(H,22,25). The maximum absolute atomic E-state index is 12.7. The van der Waals surface area contributed by atoms with E-state index in [1.807, 2.05) is 35.9 Å². The molecule has 1 amide bonds. The Kier molecular flexibility index (Phi) is 5.69. The van der Waals surface area contributed by atoms with E-state index in [0.717, 1.165) is 5.56 Å². The molecule has 0 aliphatic carbocycles. The Bertz CT molecular complexity index is 999. The van der Waals surface area contributed by atoms with E-state index in [1.165, 1.54) is 6.07 Å². The lowest BCUT2D eigenvalue weighted by Crippen LogP contribution is -2.32. The van der Waals surface area contributed by atoms with Crippen molar-refractivity contribution >= 4 is 11.6 Å². The highest BCUT2D eigenvalue weighted by atomic mass is 16.6. The Hall–Kier alpha value is -3.68. The molecule has 1 N–H and O–H groups in total. The lowest BCUT2D eigenvalue weighted by atomic mass is 10.0. The molecule has 0 saturated carbocycles. The van der Waals surface area contributed by atoms with E-state index >= 15 is 0 Å². The molecule has 0 fully saturated rings. The van der Waals surface area contributed by atoms with Crippen molar-refractivity contribution in [3.8, 4) is 5.75 Å². The van der Waals surface area contributed by atoms with Crippen LogP contribution in [-0.4, -0.2) is 27.5 Å². The Morgan fingerprint density at radius 1 is 1.29 bits per heavy atom. The molecule has 0 bridgehead atoms. The molecule has 3 aromatic rings. The summed E-state index contributed by atoms with van der Waals surface area (Å²) in [5.41, 5.74) is 1.08. The third kappa shape index (κ3) is 4.17. The van der Waals surface area contributed by atoms with Gasteiger partial charge in [-0.05, 0) is 17.7 Å². The predicted molar refractivity (Wildman–Crippen MR) is 103 cm³/mol. The fraction of sp³-hybridized carbons (Fsp3) is 0.200. The largest absolute Gasteiger partial charge is 0.497 e. The number of hydrogen-bond donors (Lipinski definition) is 1. The Balaban J connectivity index is 1.89. The second-order valence-corrected chi connectivity index (χ2v) is 6.24. The number of nitro benzene ring substituents is 1. The van der Waals surface area contributed by atoms with Crippen LogP contribution in [0.5, 0.6) is 5.75 Å². The molecule has 0 aliphatic rings. The lowest BCUT2D eigenvalue weighted by Gasteiger charge is -2.20. The van der Waals surface area contributed by atoms with E-state index in [4.69, 9.17) is 4.74 Å². The van der Waals surface area contributed by atoms with Gasteiger partial charge in [0.1, 0.15) is 17.6 Å². The van der Waals surface area contributed by atoms with Crippen molar-refractivity contribution < 1.29 is 14.5 Å². The number of imidazole rings is 1. The van der Waals surface area contributed by atoms with Gasteiger partial charge in [0.25, 0.3) is 5.69 Å². The van der Waals surface area contributed by atoms with Gasteiger partial charge in [-0.25, -0.2) is 4.98 Å². The summed E-state index contributed by atoms with van der Waals surface area (Å²) in [7, 11) is 3.41. The summed E-state index contributed by atoms with van der Waals surface area (Å²) in [5, 5.41) is 14.1. The first kappa shape index (κ1) is 19.1. The average molecular weight is 380 g/mol. The minimum atomic E-state index is -0.523.